The highest BCUT2D eigenvalue weighted by molar-refractivity contribution is 5.04. The molecule has 3 aliphatic rings. The average Bonchev–Trinajstić information content (AvgIpc) is 3.22. The molecule has 2 aliphatic heterocycles. The second kappa shape index (κ2) is 5.92. The molecule has 1 aromatic rings. The highest BCUT2D eigenvalue weighted by Crippen LogP contribution is 2.36. The van der Waals surface area contributed by atoms with Gasteiger partial charge in [-0.3, -0.25) is 0 Å². The van der Waals surface area contributed by atoms with E-state index in [2.05, 4.69) is 10.3 Å². The Balaban J connectivity index is 1.50. The lowest BCUT2D eigenvalue weighted by atomic mass is 9.95. The predicted octanol–water partition coefficient (Wildman–Crippen LogP) is 0.997. The standard InChI is InChI=1S/C16H25N3O3/c1-10-17-6-7-19(10)14-15(20)13(12-9-21-16(14)22-12)18-8-11-4-2-3-5-11/h6-7,11-16,18,20H,2-5,8-9H2,1H3/t12-,13-,14-,15+,16-/m1/s1. The van der Waals surface area contributed by atoms with Gasteiger partial charge in [0.05, 0.1) is 18.8 Å². The van der Waals surface area contributed by atoms with Gasteiger partial charge in [-0.05, 0) is 32.2 Å². The zero-order chi connectivity index (χ0) is 15.1. The quantitative estimate of drug-likeness (QED) is 0.868. The van der Waals surface area contributed by atoms with Crippen molar-refractivity contribution in [1.82, 2.24) is 14.9 Å². The van der Waals surface area contributed by atoms with Crippen LogP contribution < -0.4 is 5.32 Å². The maximum Gasteiger partial charge on any atom is 0.181 e. The van der Waals surface area contributed by atoms with Crippen LogP contribution in [0.15, 0.2) is 12.4 Å². The Bertz CT molecular complexity index is 514. The van der Waals surface area contributed by atoms with Crippen LogP contribution in [0.1, 0.15) is 37.5 Å². The van der Waals surface area contributed by atoms with Crippen LogP contribution in [0.2, 0.25) is 0 Å². The first-order chi connectivity index (χ1) is 10.7. The van der Waals surface area contributed by atoms with Crippen molar-refractivity contribution < 1.29 is 14.6 Å². The average molecular weight is 307 g/mol. The molecular weight excluding hydrogens is 282 g/mol. The fourth-order valence-corrected chi connectivity index (χ4v) is 4.17. The Kier molecular flexibility index (Phi) is 3.94. The number of ether oxygens (including phenoxy) is 2. The molecule has 122 valence electrons. The second-order valence-electron chi connectivity index (χ2n) is 6.82. The summed E-state index contributed by atoms with van der Waals surface area (Å²) < 4.78 is 13.7. The molecule has 2 saturated heterocycles. The number of aliphatic hydroxyl groups is 1. The van der Waals surface area contributed by atoms with E-state index in [0.717, 1.165) is 18.3 Å². The first-order valence-electron chi connectivity index (χ1n) is 8.42. The number of aliphatic hydroxyl groups excluding tert-OH is 1. The van der Waals surface area contributed by atoms with Crippen molar-refractivity contribution in [3.05, 3.63) is 18.2 Å². The number of aromatic nitrogens is 2. The summed E-state index contributed by atoms with van der Waals surface area (Å²) in [6, 6.07) is -0.312. The largest absolute Gasteiger partial charge is 0.389 e. The van der Waals surface area contributed by atoms with Crippen molar-refractivity contribution in [1.29, 1.82) is 0 Å². The fraction of sp³-hybridized carbons (Fsp3) is 0.812. The highest BCUT2D eigenvalue weighted by atomic mass is 16.7. The molecule has 0 amide bonds. The number of imidazole rings is 1. The van der Waals surface area contributed by atoms with Crippen molar-refractivity contribution in [3.8, 4) is 0 Å². The Morgan fingerprint density at radius 1 is 1.41 bits per heavy atom. The molecule has 0 unspecified atom stereocenters. The van der Waals surface area contributed by atoms with Crippen molar-refractivity contribution in [2.24, 2.45) is 5.92 Å². The van der Waals surface area contributed by atoms with Crippen molar-refractivity contribution >= 4 is 0 Å². The van der Waals surface area contributed by atoms with E-state index in [0.29, 0.717) is 6.61 Å². The maximum absolute atomic E-state index is 10.9. The summed E-state index contributed by atoms with van der Waals surface area (Å²) >= 11 is 0. The Labute approximate surface area is 130 Å². The SMILES string of the molecule is Cc1nccn1[C@H]1[C@@H]2OC[C@@H](O2)[C@@H](NCC2CCCC2)[C@@H]1O. The maximum atomic E-state index is 10.9. The van der Waals surface area contributed by atoms with E-state index in [9.17, 15) is 5.11 Å². The first kappa shape index (κ1) is 14.6. The monoisotopic (exact) mass is 307 g/mol. The van der Waals surface area contributed by atoms with Gasteiger partial charge in [-0.2, -0.15) is 0 Å². The summed E-state index contributed by atoms with van der Waals surface area (Å²) in [7, 11) is 0. The second-order valence-corrected chi connectivity index (χ2v) is 6.82. The van der Waals surface area contributed by atoms with Gasteiger partial charge in [-0.25, -0.2) is 4.98 Å². The van der Waals surface area contributed by atoms with Crippen LogP contribution in [0, 0.1) is 12.8 Å². The van der Waals surface area contributed by atoms with Crippen molar-refractivity contribution in [2.45, 2.75) is 63.2 Å². The molecule has 0 spiro atoms. The first-order valence-corrected chi connectivity index (χ1v) is 8.42. The lowest BCUT2D eigenvalue weighted by Crippen LogP contribution is -2.58. The minimum Gasteiger partial charge on any atom is -0.389 e. The molecule has 0 radical (unpaired) electrons. The summed E-state index contributed by atoms with van der Waals surface area (Å²) in [6.45, 7) is 3.45. The smallest absolute Gasteiger partial charge is 0.181 e. The molecule has 1 saturated carbocycles. The van der Waals surface area contributed by atoms with E-state index in [4.69, 9.17) is 9.47 Å². The normalized spacial score (nSPS) is 38.7. The van der Waals surface area contributed by atoms with Crippen molar-refractivity contribution in [2.75, 3.05) is 13.2 Å². The van der Waals surface area contributed by atoms with Crippen LogP contribution in [0.3, 0.4) is 0 Å². The van der Waals surface area contributed by atoms with Gasteiger partial charge in [-0.15, -0.1) is 0 Å². The number of hydrogen-bond donors (Lipinski definition) is 2. The summed E-state index contributed by atoms with van der Waals surface area (Å²) in [6.07, 6.45) is 7.95. The third-order valence-electron chi connectivity index (χ3n) is 5.43. The van der Waals surface area contributed by atoms with Gasteiger partial charge in [0.2, 0.25) is 0 Å². The molecule has 2 bridgehead atoms. The van der Waals surface area contributed by atoms with E-state index in [1.54, 1.807) is 6.20 Å². The molecule has 1 aromatic heterocycles. The minimum absolute atomic E-state index is 0.0542. The third kappa shape index (κ3) is 2.48. The Morgan fingerprint density at radius 2 is 2.23 bits per heavy atom. The van der Waals surface area contributed by atoms with Crippen LogP contribution in [0.5, 0.6) is 0 Å². The van der Waals surface area contributed by atoms with Gasteiger partial charge in [0.25, 0.3) is 0 Å². The number of hydrogen-bond acceptors (Lipinski definition) is 5. The molecule has 3 fully saturated rings. The fourth-order valence-electron chi connectivity index (χ4n) is 4.17. The molecule has 1 aliphatic carbocycles. The molecule has 6 nitrogen and oxygen atoms in total. The van der Waals surface area contributed by atoms with Crippen LogP contribution in [0.25, 0.3) is 0 Å². The van der Waals surface area contributed by atoms with E-state index < -0.39 is 6.10 Å². The van der Waals surface area contributed by atoms with Gasteiger partial charge < -0.3 is 24.5 Å². The van der Waals surface area contributed by atoms with Crippen molar-refractivity contribution in [3.63, 3.8) is 0 Å². The van der Waals surface area contributed by atoms with E-state index in [-0.39, 0.29) is 24.5 Å². The minimum atomic E-state index is -0.527. The zero-order valence-electron chi connectivity index (χ0n) is 13.0. The molecule has 22 heavy (non-hydrogen) atoms. The van der Waals surface area contributed by atoms with Gasteiger partial charge in [0, 0.05) is 12.4 Å². The molecule has 5 atom stereocenters. The number of aryl methyl sites for hydroxylation is 1. The lowest BCUT2D eigenvalue weighted by molar-refractivity contribution is -0.165. The van der Waals surface area contributed by atoms with E-state index in [1.165, 1.54) is 25.7 Å². The lowest BCUT2D eigenvalue weighted by Gasteiger charge is -2.40. The molecule has 6 heteroatoms. The van der Waals surface area contributed by atoms with E-state index in [1.807, 2.05) is 17.7 Å². The molecule has 2 N–H and O–H groups in total. The number of fused-ring (bicyclic) bond motifs is 2. The van der Waals surface area contributed by atoms with E-state index >= 15 is 0 Å². The highest BCUT2D eigenvalue weighted by Gasteiger charge is 2.51. The van der Waals surface area contributed by atoms with Gasteiger partial charge >= 0.3 is 0 Å². The molecule has 0 aromatic carbocycles. The molecular formula is C16H25N3O3. The molecule has 4 rings (SSSR count). The summed E-state index contributed by atoms with van der Waals surface area (Å²) in [5.41, 5.74) is 0. The van der Waals surface area contributed by atoms with Crippen LogP contribution in [-0.4, -0.2) is 52.3 Å². The van der Waals surface area contributed by atoms with Gasteiger partial charge in [0.15, 0.2) is 6.29 Å². The third-order valence-corrected chi connectivity index (χ3v) is 5.43. The Hall–Kier alpha value is -0.950. The van der Waals surface area contributed by atoms with Gasteiger partial charge in [0.1, 0.15) is 18.0 Å². The van der Waals surface area contributed by atoms with Crippen LogP contribution in [0.4, 0.5) is 0 Å². The number of nitrogens with zero attached hydrogens (tertiary/aromatic N) is 2. The van der Waals surface area contributed by atoms with Crippen LogP contribution >= 0.6 is 0 Å². The molecule has 3 heterocycles. The Morgan fingerprint density at radius 3 is 2.95 bits per heavy atom. The zero-order valence-corrected chi connectivity index (χ0v) is 13.0. The summed E-state index contributed by atoms with van der Waals surface area (Å²) in [5.74, 6) is 1.61. The van der Waals surface area contributed by atoms with Gasteiger partial charge in [-0.1, -0.05) is 12.8 Å². The number of rotatable bonds is 4. The number of nitrogens with one attached hydrogen (secondary N) is 1. The van der Waals surface area contributed by atoms with Crippen LogP contribution in [-0.2, 0) is 9.47 Å². The summed E-state index contributed by atoms with van der Waals surface area (Å²) in [5, 5.41) is 14.5. The summed E-state index contributed by atoms with van der Waals surface area (Å²) in [4.78, 5) is 4.26. The topological polar surface area (TPSA) is 68.5 Å². The predicted molar refractivity (Wildman–Crippen MR) is 80.4 cm³/mol.